The summed E-state index contributed by atoms with van der Waals surface area (Å²) < 4.78 is 9.98. The van der Waals surface area contributed by atoms with Gasteiger partial charge in [-0.3, -0.25) is 10.1 Å². The minimum absolute atomic E-state index is 0.247. The van der Waals surface area contributed by atoms with Gasteiger partial charge in [0.05, 0.1) is 13.3 Å². The predicted molar refractivity (Wildman–Crippen MR) is 63.8 cm³/mol. The molecule has 94 valence electrons. The van der Waals surface area contributed by atoms with Crippen molar-refractivity contribution in [3.05, 3.63) is 12.5 Å². The van der Waals surface area contributed by atoms with E-state index in [1.807, 2.05) is 6.92 Å². The van der Waals surface area contributed by atoms with Crippen LogP contribution in [-0.2, 0) is 9.53 Å². The third-order valence-corrected chi connectivity index (χ3v) is 3.80. The Kier molecular flexibility index (Phi) is 3.73. The molecule has 1 atom stereocenters. The van der Waals surface area contributed by atoms with Crippen molar-refractivity contribution >= 4 is 17.7 Å². The van der Waals surface area contributed by atoms with Crippen molar-refractivity contribution in [3.63, 3.8) is 0 Å². The molecule has 1 heterocycles. The summed E-state index contributed by atoms with van der Waals surface area (Å²) in [5.74, 6) is 0.292. The van der Waals surface area contributed by atoms with Gasteiger partial charge in [-0.15, -0.1) is 0 Å². The Balaban J connectivity index is 1.96. The van der Waals surface area contributed by atoms with E-state index in [1.165, 1.54) is 25.1 Å². The van der Waals surface area contributed by atoms with E-state index in [1.54, 1.807) is 6.20 Å². The average Bonchev–Trinajstić information content (AvgIpc) is 2.97. The molecule has 17 heavy (non-hydrogen) atoms. The summed E-state index contributed by atoms with van der Waals surface area (Å²) in [7, 11) is 1.41. The van der Waals surface area contributed by atoms with Crippen molar-refractivity contribution in [2.75, 3.05) is 12.9 Å². The second-order valence-corrected chi connectivity index (χ2v) is 5.26. The Morgan fingerprint density at radius 3 is 3.06 bits per heavy atom. The number of oxazole rings is 1. The summed E-state index contributed by atoms with van der Waals surface area (Å²) in [5, 5.41) is 3.88. The second kappa shape index (κ2) is 5.10. The number of carbonyl (C=O) groups excluding carboxylic acids is 1. The van der Waals surface area contributed by atoms with Crippen molar-refractivity contribution in [2.45, 2.75) is 36.6 Å². The maximum absolute atomic E-state index is 11.8. The zero-order chi connectivity index (χ0) is 12.3. The first-order chi connectivity index (χ1) is 8.14. The van der Waals surface area contributed by atoms with Crippen LogP contribution in [-0.4, -0.2) is 35.4 Å². The van der Waals surface area contributed by atoms with Gasteiger partial charge in [-0.1, -0.05) is 11.8 Å². The zero-order valence-electron chi connectivity index (χ0n) is 9.93. The molecule has 1 aliphatic carbocycles. The summed E-state index contributed by atoms with van der Waals surface area (Å²) >= 11 is 1.41. The number of esters is 1. The molecule has 1 unspecified atom stereocenters. The van der Waals surface area contributed by atoms with E-state index in [0.717, 1.165) is 12.8 Å². The minimum Gasteiger partial charge on any atom is -0.468 e. The van der Waals surface area contributed by atoms with Gasteiger partial charge in [0.15, 0.2) is 0 Å². The molecule has 0 radical (unpaired) electrons. The van der Waals surface area contributed by atoms with E-state index in [4.69, 9.17) is 9.15 Å². The van der Waals surface area contributed by atoms with E-state index in [0.29, 0.717) is 17.0 Å². The maximum atomic E-state index is 11.8. The SMILES string of the molecule is COC(=O)C(C)(CSc1ncco1)NC1CC1. The van der Waals surface area contributed by atoms with Crippen LogP contribution < -0.4 is 5.32 Å². The monoisotopic (exact) mass is 256 g/mol. The Labute approximate surface area is 104 Å². The lowest BCUT2D eigenvalue weighted by Crippen LogP contribution is -2.53. The van der Waals surface area contributed by atoms with Crippen LogP contribution in [0.25, 0.3) is 0 Å². The first-order valence-electron chi connectivity index (χ1n) is 5.52. The number of aromatic nitrogens is 1. The summed E-state index contributed by atoms with van der Waals surface area (Å²) in [4.78, 5) is 15.8. The highest BCUT2D eigenvalue weighted by molar-refractivity contribution is 7.99. The van der Waals surface area contributed by atoms with Crippen LogP contribution >= 0.6 is 11.8 Å². The topological polar surface area (TPSA) is 64.4 Å². The Morgan fingerprint density at radius 1 is 1.76 bits per heavy atom. The summed E-state index contributed by atoms with van der Waals surface area (Å²) in [6.45, 7) is 1.85. The van der Waals surface area contributed by atoms with Crippen LogP contribution in [0, 0.1) is 0 Å². The van der Waals surface area contributed by atoms with Gasteiger partial charge in [-0.2, -0.15) is 0 Å². The molecule has 1 saturated carbocycles. The number of rotatable bonds is 6. The Morgan fingerprint density at radius 2 is 2.53 bits per heavy atom. The van der Waals surface area contributed by atoms with E-state index < -0.39 is 5.54 Å². The van der Waals surface area contributed by atoms with Gasteiger partial charge in [0, 0.05) is 11.8 Å². The van der Waals surface area contributed by atoms with Gasteiger partial charge in [0.1, 0.15) is 11.8 Å². The molecule has 1 aromatic heterocycles. The van der Waals surface area contributed by atoms with Gasteiger partial charge in [0.25, 0.3) is 5.22 Å². The van der Waals surface area contributed by atoms with Gasteiger partial charge < -0.3 is 9.15 Å². The van der Waals surface area contributed by atoms with Crippen LogP contribution in [0.2, 0.25) is 0 Å². The smallest absolute Gasteiger partial charge is 0.326 e. The first-order valence-corrected chi connectivity index (χ1v) is 6.51. The van der Waals surface area contributed by atoms with E-state index >= 15 is 0 Å². The molecule has 1 N–H and O–H groups in total. The molecule has 1 fully saturated rings. The number of thioether (sulfide) groups is 1. The molecule has 0 aromatic carbocycles. The van der Waals surface area contributed by atoms with Gasteiger partial charge in [0.2, 0.25) is 0 Å². The number of nitrogens with one attached hydrogen (secondary N) is 1. The van der Waals surface area contributed by atoms with Crippen molar-refractivity contribution in [3.8, 4) is 0 Å². The van der Waals surface area contributed by atoms with Crippen molar-refractivity contribution in [1.82, 2.24) is 10.3 Å². The van der Waals surface area contributed by atoms with Crippen LogP contribution in [0.4, 0.5) is 0 Å². The molecule has 6 heteroatoms. The normalized spacial score (nSPS) is 18.7. The molecular formula is C11H16N2O3S. The number of carbonyl (C=O) groups is 1. The van der Waals surface area contributed by atoms with Crippen molar-refractivity contribution in [2.24, 2.45) is 0 Å². The van der Waals surface area contributed by atoms with Gasteiger partial charge in [-0.05, 0) is 19.8 Å². The highest BCUT2D eigenvalue weighted by Gasteiger charge is 2.39. The molecular weight excluding hydrogens is 240 g/mol. The van der Waals surface area contributed by atoms with Crippen molar-refractivity contribution in [1.29, 1.82) is 0 Å². The number of ether oxygens (including phenoxy) is 1. The van der Waals surface area contributed by atoms with Crippen LogP contribution in [0.5, 0.6) is 0 Å². The lowest BCUT2D eigenvalue weighted by Gasteiger charge is -2.27. The highest BCUT2D eigenvalue weighted by atomic mass is 32.2. The minimum atomic E-state index is -0.685. The Bertz CT molecular complexity index is 378. The highest BCUT2D eigenvalue weighted by Crippen LogP contribution is 2.27. The number of hydrogen-bond donors (Lipinski definition) is 1. The maximum Gasteiger partial charge on any atom is 0.326 e. The lowest BCUT2D eigenvalue weighted by molar-refractivity contribution is -0.147. The number of nitrogens with zero attached hydrogens (tertiary/aromatic N) is 1. The second-order valence-electron chi connectivity index (χ2n) is 4.33. The van der Waals surface area contributed by atoms with Crippen LogP contribution in [0.15, 0.2) is 22.1 Å². The van der Waals surface area contributed by atoms with E-state index in [-0.39, 0.29) is 5.97 Å². The molecule has 0 bridgehead atoms. The summed E-state index contributed by atoms with van der Waals surface area (Å²) in [6.07, 6.45) is 5.35. The molecule has 2 rings (SSSR count). The quantitative estimate of drug-likeness (QED) is 0.614. The molecule has 0 saturated heterocycles. The first kappa shape index (κ1) is 12.4. The molecule has 0 spiro atoms. The third kappa shape index (κ3) is 3.23. The standard InChI is InChI=1S/C11H16N2O3S/c1-11(9(14)15-2,13-8-3-4-8)7-17-10-12-5-6-16-10/h5-6,8,13H,3-4,7H2,1-2H3. The molecule has 1 aliphatic rings. The molecule has 5 nitrogen and oxygen atoms in total. The van der Waals surface area contributed by atoms with Gasteiger partial charge in [-0.25, -0.2) is 4.98 Å². The van der Waals surface area contributed by atoms with Crippen molar-refractivity contribution < 1.29 is 13.9 Å². The molecule has 0 amide bonds. The summed E-state index contributed by atoms with van der Waals surface area (Å²) in [5.41, 5.74) is -0.685. The number of hydrogen-bond acceptors (Lipinski definition) is 6. The molecule has 0 aliphatic heterocycles. The zero-order valence-corrected chi connectivity index (χ0v) is 10.8. The molecule has 1 aromatic rings. The fourth-order valence-electron chi connectivity index (χ4n) is 1.55. The van der Waals surface area contributed by atoms with Gasteiger partial charge >= 0.3 is 5.97 Å². The van der Waals surface area contributed by atoms with E-state index in [2.05, 4.69) is 10.3 Å². The fourth-order valence-corrected chi connectivity index (χ4v) is 2.42. The third-order valence-electron chi connectivity index (χ3n) is 2.63. The number of methoxy groups -OCH3 is 1. The van der Waals surface area contributed by atoms with Crippen LogP contribution in [0.1, 0.15) is 19.8 Å². The van der Waals surface area contributed by atoms with Crippen LogP contribution in [0.3, 0.4) is 0 Å². The summed E-state index contributed by atoms with van der Waals surface area (Å²) in [6, 6.07) is 0.435. The predicted octanol–water partition coefficient (Wildman–Crippen LogP) is 1.45. The lowest BCUT2D eigenvalue weighted by atomic mass is 10.1. The van der Waals surface area contributed by atoms with E-state index in [9.17, 15) is 4.79 Å². The fraction of sp³-hybridized carbons (Fsp3) is 0.636. The average molecular weight is 256 g/mol. The Hall–Kier alpha value is -1.01. The largest absolute Gasteiger partial charge is 0.468 e.